The Kier molecular flexibility index (Phi) is 5.00. The first kappa shape index (κ1) is 17.4. The average molecular weight is 361 g/mol. The summed E-state index contributed by atoms with van der Waals surface area (Å²) in [5, 5.41) is 0. The van der Waals surface area contributed by atoms with Crippen LogP contribution in [0.5, 0.6) is 0 Å². The molecule has 1 aliphatic rings. The lowest BCUT2D eigenvalue weighted by Gasteiger charge is -2.27. The van der Waals surface area contributed by atoms with Gasteiger partial charge in [-0.05, 0) is 25.1 Å². The van der Waals surface area contributed by atoms with E-state index in [0.717, 1.165) is 5.56 Å². The zero-order chi connectivity index (χ0) is 17.9. The van der Waals surface area contributed by atoms with E-state index in [1.807, 2.05) is 11.8 Å². The van der Waals surface area contributed by atoms with Crippen molar-refractivity contribution in [3.05, 3.63) is 53.7 Å². The summed E-state index contributed by atoms with van der Waals surface area (Å²) in [7, 11) is -3.98. The summed E-state index contributed by atoms with van der Waals surface area (Å²) in [6.07, 6.45) is 1.43. The van der Waals surface area contributed by atoms with Crippen molar-refractivity contribution in [1.82, 2.24) is 9.71 Å². The third-order valence-electron chi connectivity index (χ3n) is 3.90. The Morgan fingerprint density at radius 2 is 1.84 bits per heavy atom. The van der Waals surface area contributed by atoms with Crippen molar-refractivity contribution in [3.8, 4) is 0 Å². The summed E-state index contributed by atoms with van der Waals surface area (Å²) in [6.45, 7) is 4.33. The Morgan fingerprint density at radius 1 is 1.16 bits per heavy atom. The lowest BCUT2D eigenvalue weighted by atomic mass is 10.1. The number of hydrogen-bond acceptors (Lipinski definition) is 6. The number of benzene rings is 1. The predicted octanol–water partition coefficient (Wildman–Crippen LogP) is 1.35. The van der Waals surface area contributed by atoms with Crippen LogP contribution in [0.2, 0.25) is 0 Å². The van der Waals surface area contributed by atoms with Crippen molar-refractivity contribution in [2.45, 2.75) is 11.8 Å². The Bertz CT molecular complexity index is 860. The van der Waals surface area contributed by atoms with E-state index in [0.29, 0.717) is 32.1 Å². The highest BCUT2D eigenvalue weighted by molar-refractivity contribution is 7.90. The summed E-state index contributed by atoms with van der Waals surface area (Å²) < 4.78 is 32.4. The molecule has 2 heterocycles. The van der Waals surface area contributed by atoms with Gasteiger partial charge in [0, 0.05) is 30.9 Å². The Morgan fingerprint density at radius 3 is 2.52 bits per heavy atom. The van der Waals surface area contributed by atoms with Crippen molar-refractivity contribution in [1.29, 1.82) is 0 Å². The maximum Gasteiger partial charge on any atom is 0.264 e. The Labute approximate surface area is 146 Å². The molecule has 2 aromatic rings. The molecule has 3 rings (SSSR count). The Hall–Kier alpha value is -2.45. The van der Waals surface area contributed by atoms with Gasteiger partial charge < -0.3 is 9.64 Å². The Balaban J connectivity index is 1.79. The lowest BCUT2D eigenvalue weighted by molar-refractivity contribution is 0.0981. The van der Waals surface area contributed by atoms with Crippen molar-refractivity contribution in [2.75, 3.05) is 31.2 Å². The van der Waals surface area contributed by atoms with E-state index in [1.165, 1.54) is 18.3 Å². The molecule has 25 heavy (non-hydrogen) atoms. The molecule has 0 aliphatic carbocycles. The zero-order valence-corrected chi connectivity index (χ0v) is 14.6. The molecule has 1 aromatic heterocycles. The first-order valence-corrected chi connectivity index (χ1v) is 9.36. The summed E-state index contributed by atoms with van der Waals surface area (Å²) in [4.78, 5) is 18.4. The van der Waals surface area contributed by atoms with E-state index in [2.05, 4.69) is 9.71 Å². The van der Waals surface area contributed by atoms with Crippen LogP contribution in [-0.4, -0.2) is 45.6 Å². The fraction of sp³-hybridized carbons (Fsp3) is 0.294. The number of carbonyl (C=O) groups is 1. The zero-order valence-electron chi connectivity index (χ0n) is 13.8. The van der Waals surface area contributed by atoms with Crippen LogP contribution < -0.4 is 9.62 Å². The fourth-order valence-corrected chi connectivity index (χ4v) is 3.46. The van der Waals surface area contributed by atoms with Gasteiger partial charge in [-0.2, -0.15) is 0 Å². The number of carbonyl (C=O) groups excluding carboxylic acids is 1. The van der Waals surface area contributed by atoms with Crippen LogP contribution in [0.25, 0.3) is 0 Å². The van der Waals surface area contributed by atoms with Gasteiger partial charge in [-0.3, -0.25) is 4.79 Å². The quantitative estimate of drug-likeness (QED) is 0.884. The number of ether oxygens (including phenoxy) is 1. The smallest absolute Gasteiger partial charge is 0.264 e. The minimum absolute atomic E-state index is 0.00412. The molecule has 132 valence electrons. The number of aromatic nitrogens is 1. The second-order valence-electron chi connectivity index (χ2n) is 5.75. The van der Waals surface area contributed by atoms with Crippen LogP contribution in [0.4, 0.5) is 5.82 Å². The van der Waals surface area contributed by atoms with Crippen LogP contribution in [-0.2, 0) is 14.8 Å². The predicted molar refractivity (Wildman–Crippen MR) is 93.1 cm³/mol. The van der Waals surface area contributed by atoms with Crippen LogP contribution in [0.1, 0.15) is 15.9 Å². The molecule has 7 nitrogen and oxygen atoms in total. The minimum atomic E-state index is -3.98. The maximum atomic E-state index is 12.5. The van der Waals surface area contributed by atoms with Crippen LogP contribution in [0.3, 0.4) is 0 Å². The van der Waals surface area contributed by atoms with E-state index >= 15 is 0 Å². The van der Waals surface area contributed by atoms with Gasteiger partial charge in [-0.25, -0.2) is 18.1 Å². The van der Waals surface area contributed by atoms with E-state index in [1.54, 1.807) is 24.3 Å². The molecule has 0 radical (unpaired) electrons. The highest BCUT2D eigenvalue weighted by atomic mass is 32.2. The molecule has 1 aliphatic heterocycles. The van der Waals surface area contributed by atoms with E-state index < -0.39 is 15.9 Å². The SMILES string of the molecule is Cc1ccc(C(=O)NS(=O)(=O)c2ccnc(N3CCOCC3)c2)cc1. The average Bonchev–Trinajstić information content (AvgIpc) is 2.63. The number of sulfonamides is 1. The van der Waals surface area contributed by atoms with Gasteiger partial charge in [0.15, 0.2) is 0 Å². The van der Waals surface area contributed by atoms with Gasteiger partial charge in [0.05, 0.1) is 18.1 Å². The number of pyridine rings is 1. The second kappa shape index (κ2) is 7.20. The summed E-state index contributed by atoms with van der Waals surface area (Å²) >= 11 is 0. The number of amides is 1. The van der Waals surface area contributed by atoms with Gasteiger partial charge in [0.1, 0.15) is 5.82 Å². The molecule has 0 unspecified atom stereocenters. The molecule has 0 spiro atoms. The maximum absolute atomic E-state index is 12.5. The van der Waals surface area contributed by atoms with Gasteiger partial charge in [-0.15, -0.1) is 0 Å². The van der Waals surface area contributed by atoms with Crippen molar-refractivity contribution in [2.24, 2.45) is 0 Å². The minimum Gasteiger partial charge on any atom is -0.378 e. The molecule has 0 bridgehead atoms. The van der Waals surface area contributed by atoms with Crippen LogP contribution in [0, 0.1) is 6.92 Å². The molecule has 0 atom stereocenters. The summed E-state index contributed by atoms with van der Waals surface area (Å²) in [6, 6.07) is 9.53. The largest absolute Gasteiger partial charge is 0.378 e. The van der Waals surface area contributed by atoms with Crippen molar-refractivity contribution >= 4 is 21.7 Å². The molecule has 1 saturated heterocycles. The molecule has 8 heteroatoms. The van der Waals surface area contributed by atoms with E-state index in [-0.39, 0.29) is 10.5 Å². The molecule has 1 aromatic carbocycles. The first-order valence-electron chi connectivity index (χ1n) is 7.88. The monoisotopic (exact) mass is 361 g/mol. The number of aryl methyl sites for hydroxylation is 1. The van der Waals surface area contributed by atoms with Crippen molar-refractivity contribution < 1.29 is 17.9 Å². The molecule has 0 saturated carbocycles. The first-order chi connectivity index (χ1) is 12.0. The van der Waals surface area contributed by atoms with Crippen LogP contribution >= 0.6 is 0 Å². The number of nitrogens with one attached hydrogen (secondary N) is 1. The number of morpholine rings is 1. The van der Waals surface area contributed by atoms with Gasteiger partial charge in [-0.1, -0.05) is 17.7 Å². The fourth-order valence-electron chi connectivity index (χ4n) is 2.48. The molecular formula is C17H19N3O4S. The number of nitrogens with zero attached hydrogens (tertiary/aromatic N) is 2. The second-order valence-corrected chi connectivity index (χ2v) is 7.43. The van der Waals surface area contributed by atoms with E-state index in [9.17, 15) is 13.2 Å². The number of rotatable bonds is 4. The number of anilines is 1. The van der Waals surface area contributed by atoms with E-state index in [4.69, 9.17) is 4.74 Å². The standard InChI is InChI=1S/C17H19N3O4S/c1-13-2-4-14(5-3-13)17(21)19-25(22,23)15-6-7-18-16(12-15)20-8-10-24-11-9-20/h2-7,12H,8-11H2,1H3,(H,19,21). The highest BCUT2D eigenvalue weighted by Gasteiger charge is 2.21. The van der Waals surface area contributed by atoms with Gasteiger partial charge in [0.2, 0.25) is 0 Å². The molecule has 1 N–H and O–H groups in total. The van der Waals surface area contributed by atoms with Gasteiger partial charge >= 0.3 is 0 Å². The third-order valence-corrected chi connectivity index (χ3v) is 5.23. The number of hydrogen-bond donors (Lipinski definition) is 1. The third kappa shape index (κ3) is 4.15. The highest BCUT2D eigenvalue weighted by Crippen LogP contribution is 2.18. The van der Waals surface area contributed by atoms with Crippen LogP contribution in [0.15, 0.2) is 47.5 Å². The topological polar surface area (TPSA) is 88.6 Å². The molecule has 1 fully saturated rings. The molecular weight excluding hydrogens is 342 g/mol. The molecule has 1 amide bonds. The van der Waals surface area contributed by atoms with Crippen molar-refractivity contribution in [3.63, 3.8) is 0 Å². The normalized spacial score (nSPS) is 15.0. The lowest BCUT2D eigenvalue weighted by Crippen LogP contribution is -2.37. The summed E-state index contributed by atoms with van der Waals surface area (Å²) in [5.41, 5.74) is 1.28. The van der Waals surface area contributed by atoms with Gasteiger partial charge in [0.25, 0.3) is 15.9 Å². The summed E-state index contributed by atoms with van der Waals surface area (Å²) in [5.74, 6) is -0.112.